The zero-order chi connectivity index (χ0) is 10.3. The molecule has 1 fully saturated rings. The number of nitrogens with one attached hydrogen (secondary N) is 1. The molecule has 2 nitrogen and oxygen atoms in total. The zero-order valence-corrected chi connectivity index (χ0v) is 9.29. The summed E-state index contributed by atoms with van der Waals surface area (Å²) in [7, 11) is 0. The first-order valence-electron chi connectivity index (χ1n) is 6.07. The predicted molar refractivity (Wildman–Crippen MR) is 62.1 cm³/mol. The van der Waals surface area contributed by atoms with Crippen LogP contribution in [0.25, 0.3) is 0 Å². The molecular formula is C13H18N2. The Morgan fingerprint density at radius 3 is 3.07 bits per heavy atom. The first-order valence-corrected chi connectivity index (χ1v) is 6.07. The van der Waals surface area contributed by atoms with E-state index < -0.39 is 0 Å². The van der Waals surface area contributed by atoms with Crippen molar-refractivity contribution in [2.45, 2.75) is 45.1 Å². The highest BCUT2D eigenvalue weighted by Gasteiger charge is 2.27. The molecule has 2 aliphatic rings. The number of anilines is 1. The van der Waals surface area contributed by atoms with Crippen LogP contribution in [0.4, 0.5) is 5.69 Å². The number of pyridine rings is 1. The number of hydrogen-bond donors (Lipinski definition) is 1. The van der Waals surface area contributed by atoms with E-state index >= 15 is 0 Å². The summed E-state index contributed by atoms with van der Waals surface area (Å²) in [5.74, 6) is 0.901. The monoisotopic (exact) mass is 202 g/mol. The van der Waals surface area contributed by atoms with Gasteiger partial charge in [0, 0.05) is 11.7 Å². The lowest BCUT2D eigenvalue weighted by Gasteiger charge is -2.14. The normalized spacial score (nSPS) is 21.1. The van der Waals surface area contributed by atoms with Crippen LogP contribution in [0.3, 0.4) is 0 Å². The highest BCUT2D eigenvalue weighted by Crippen LogP contribution is 2.34. The summed E-state index contributed by atoms with van der Waals surface area (Å²) in [6, 6.07) is 2.92. The molecule has 1 heterocycles. The molecular weight excluding hydrogens is 184 g/mol. The molecule has 0 bridgehead atoms. The summed E-state index contributed by atoms with van der Waals surface area (Å²) in [4.78, 5) is 4.53. The van der Waals surface area contributed by atoms with E-state index in [9.17, 15) is 0 Å². The Morgan fingerprint density at radius 1 is 1.40 bits per heavy atom. The number of aryl methyl sites for hydroxylation is 2. The lowest BCUT2D eigenvalue weighted by Crippen LogP contribution is -2.17. The Labute approximate surface area is 91.1 Å². The molecule has 0 radical (unpaired) electrons. The van der Waals surface area contributed by atoms with Crippen molar-refractivity contribution in [1.82, 2.24) is 4.98 Å². The molecule has 0 spiro atoms. The van der Waals surface area contributed by atoms with Crippen molar-refractivity contribution in [3.05, 3.63) is 23.5 Å². The summed E-state index contributed by atoms with van der Waals surface area (Å²) in [6.07, 6.45) is 8.47. The fourth-order valence-corrected chi connectivity index (χ4v) is 2.48. The number of rotatable bonds is 3. The minimum atomic E-state index is 0.617. The SMILES string of the molecule is CC(Nc1cnc2c(c1)CCC2)C1CC1. The Kier molecular flexibility index (Phi) is 2.15. The summed E-state index contributed by atoms with van der Waals surface area (Å²) in [5, 5.41) is 3.57. The van der Waals surface area contributed by atoms with Crippen LogP contribution in [0, 0.1) is 5.92 Å². The molecule has 2 heteroatoms. The molecule has 15 heavy (non-hydrogen) atoms. The van der Waals surface area contributed by atoms with Gasteiger partial charge in [0.1, 0.15) is 0 Å². The molecule has 1 atom stereocenters. The van der Waals surface area contributed by atoms with Crippen LogP contribution < -0.4 is 5.32 Å². The minimum Gasteiger partial charge on any atom is -0.381 e. The van der Waals surface area contributed by atoms with E-state index in [4.69, 9.17) is 0 Å². The molecule has 2 aliphatic carbocycles. The van der Waals surface area contributed by atoms with Crippen molar-refractivity contribution in [1.29, 1.82) is 0 Å². The van der Waals surface area contributed by atoms with Crippen LogP contribution in [0.1, 0.15) is 37.4 Å². The number of fused-ring (bicyclic) bond motifs is 1. The standard InChI is InChI=1S/C13H18N2/c1-9(10-5-6-10)15-12-7-11-3-2-4-13(11)14-8-12/h7-10,15H,2-6H2,1H3. The smallest absolute Gasteiger partial charge is 0.0531 e. The van der Waals surface area contributed by atoms with Gasteiger partial charge in [-0.1, -0.05) is 0 Å². The first kappa shape index (κ1) is 9.20. The summed E-state index contributed by atoms with van der Waals surface area (Å²) < 4.78 is 0. The fourth-order valence-electron chi connectivity index (χ4n) is 2.48. The van der Waals surface area contributed by atoms with Gasteiger partial charge in [-0.25, -0.2) is 0 Å². The molecule has 80 valence electrons. The average Bonchev–Trinajstić information content (AvgIpc) is 2.98. The summed E-state index contributed by atoms with van der Waals surface area (Å²) in [6.45, 7) is 2.28. The highest BCUT2D eigenvalue weighted by molar-refractivity contribution is 5.47. The predicted octanol–water partition coefficient (Wildman–Crippen LogP) is 2.78. The maximum atomic E-state index is 4.53. The fraction of sp³-hybridized carbons (Fsp3) is 0.615. The van der Waals surface area contributed by atoms with Gasteiger partial charge >= 0.3 is 0 Å². The van der Waals surface area contributed by atoms with E-state index in [-0.39, 0.29) is 0 Å². The lowest BCUT2D eigenvalue weighted by molar-refractivity contribution is 0.693. The Bertz CT molecular complexity index is 369. The highest BCUT2D eigenvalue weighted by atomic mass is 14.9. The molecule has 1 unspecified atom stereocenters. The Balaban J connectivity index is 1.74. The maximum absolute atomic E-state index is 4.53. The molecule has 1 N–H and O–H groups in total. The van der Waals surface area contributed by atoms with Crippen molar-refractivity contribution in [2.75, 3.05) is 5.32 Å². The Morgan fingerprint density at radius 2 is 2.27 bits per heavy atom. The van der Waals surface area contributed by atoms with Gasteiger partial charge in [-0.05, 0) is 56.6 Å². The molecule has 1 saturated carbocycles. The van der Waals surface area contributed by atoms with Crippen LogP contribution in [-0.4, -0.2) is 11.0 Å². The first-order chi connectivity index (χ1) is 7.33. The third kappa shape index (κ3) is 1.85. The van der Waals surface area contributed by atoms with Gasteiger partial charge in [0.05, 0.1) is 11.9 Å². The number of nitrogens with zero attached hydrogens (tertiary/aromatic N) is 1. The van der Waals surface area contributed by atoms with E-state index in [0.717, 1.165) is 5.92 Å². The van der Waals surface area contributed by atoms with E-state index in [1.807, 2.05) is 6.20 Å². The van der Waals surface area contributed by atoms with Gasteiger partial charge in [-0.3, -0.25) is 4.98 Å². The van der Waals surface area contributed by atoms with E-state index in [2.05, 4.69) is 23.3 Å². The van der Waals surface area contributed by atoms with Gasteiger partial charge in [0.25, 0.3) is 0 Å². The maximum Gasteiger partial charge on any atom is 0.0531 e. The molecule has 0 aromatic carbocycles. The van der Waals surface area contributed by atoms with Crippen LogP contribution in [0.2, 0.25) is 0 Å². The van der Waals surface area contributed by atoms with Crippen molar-refractivity contribution in [3.63, 3.8) is 0 Å². The Hall–Kier alpha value is -1.05. The zero-order valence-electron chi connectivity index (χ0n) is 9.29. The van der Waals surface area contributed by atoms with Gasteiger partial charge in [0.2, 0.25) is 0 Å². The minimum absolute atomic E-state index is 0.617. The molecule has 1 aromatic rings. The quantitative estimate of drug-likeness (QED) is 0.815. The van der Waals surface area contributed by atoms with Gasteiger partial charge < -0.3 is 5.32 Å². The second-order valence-corrected chi connectivity index (χ2v) is 4.95. The van der Waals surface area contributed by atoms with Crippen LogP contribution in [0.15, 0.2) is 12.3 Å². The van der Waals surface area contributed by atoms with Gasteiger partial charge in [-0.2, -0.15) is 0 Å². The van der Waals surface area contributed by atoms with Gasteiger partial charge in [0.15, 0.2) is 0 Å². The van der Waals surface area contributed by atoms with Crippen LogP contribution >= 0.6 is 0 Å². The van der Waals surface area contributed by atoms with Gasteiger partial charge in [-0.15, -0.1) is 0 Å². The third-order valence-corrected chi connectivity index (χ3v) is 3.64. The summed E-state index contributed by atoms with van der Waals surface area (Å²) >= 11 is 0. The third-order valence-electron chi connectivity index (χ3n) is 3.64. The average molecular weight is 202 g/mol. The molecule has 0 saturated heterocycles. The van der Waals surface area contributed by atoms with Crippen LogP contribution in [-0.2, 0) is 12.8 Å². The second kappa shape index (κ2) is 3.51. The van der Waals surface area contributed by atoms with Crippen LogP contribution in [0.5, 0.6) is 0 Å². The van der Waals surface area contributed by atoms with E-state index in [0.29, 0.717) is 6.04 Å². The van der Waals surface area contributed by atoms with E-state index in [1.165, 1.54) is 49.0 Å². The number of hydrogen-bond acceptors (Lipinski definition) is 2. The van der Waals surface area contributed by atoms with Crippen molar-refractivity contribution >= 4 is 5.69 Å². The largest absolute Gasteiger partial charge is 0.381 e. The molecule has 0 amide bonds. The number of aromatic nitrogens is 1. The van der Waals surface area contributed by atoms with E-state index in [1.54, 1.807) is 0 Å². The summed E-state index contributed by atoms with van der Waals surface area (Å²) in [5.41, 5.74) is 4.00. The topological polar surface area (TPSA) is 24.9 Å². The lowest BCUT2D eigenvalue weighted by atomic mass is 10.2. The molecule has 0 aliphatic heterocycles. The molecule has 1 aromatic heterocycles. The van der Waals surface area contributed by atoms with Crippen molar-refractivity contribution in [2.24, 2.45) is 5.92 Å². The second-order valence-electron chi connectivity index (χ2n) is 4.95. The van der Waals surface area contributed by atoms with Crippen molar-refractivity contribution in [3.8, 4) is 0 Å². The molecule has 3 rings (SSSR count). The van der Waals surface area contributed by atoms with Crippen molar-refractivity contribution < 1.29 is 0 Å².